The molecule has 1 nitrogen and oxygen atoms in total. The minimum atomic E-state index is 0.220. The van der Waals surface area contributed by atoms with Crippen LogP contribution < -0.4 is 4.90 Å². The number of rotatable bonds is 0. The molecule has 2 aliphatic carbocycles. The van der Waals surface area contributed by atoms with Crippen LogP contribution in [0, 0.1) is 17.8 Å². The van der Waals surface area contributed by atoms with Gasteiger partial charge in [-0.25, -0.2) is 0 Å². The quantitative estimate of drug-likeness (QED) is 0.658. The van der Waals surface area contributed by atoms with E-state index in [-0.39, 0.29) is 5.41 Å². The van der Waals surface area contributed by atoms with Crippen LogP contribution in [0.3, 0.4) is 0 Å². The van der Waals surface area contributed by atoms with Gasteiger partial charge in [0.15, 0.2) is 0 Å². The van der Waals surface area contributed by atoms with Gasteiger partial charge in [0.1, 0.15) is 0 Å². The maximum absolute atomic E-state index is 2.55. The first kappa shape index (κ1) is 14.1. The van der Waals surface area contributed by atoms with E-state index in [9.17, 15) is 0 Å². The van der Waals surface area contributed by atoms with Gasteiger partial charge in [-0.2, -0.15) is 0 Å². The summed E-state index contributed by atoms with van der Waals surface area (Å²) in [6.45, 7) is 9.38. The van der Waals surface area contributed by atoms with Gasteiger partial charge in [0.25, 0.3) is 0 Å². The van der Waals surface area contributed by atoms with E-state index in [0.29, 0.717) is 29.7 Å². The minimum Gasteiger partial charge on any atom is -0.370 e. The van der Waals surface area contributed by atoms with Gasteiger partial charge in [0.05, 0.1) is 0 Å². The summed E-state index contributed by atoms with van der Waals surface area (Å²) in [6.07, 6.45) is 9.39. The second-order valence-electron chi connectivity index (χ2n) is 8.43. The second kappa shape index (κ2) is 4.50. The van der Waals surface area contributed by atoms with Crippen molar-refractivity contribution in [2.24, 2.45) is 17.8 Å². The first-order chi connectivity index (χ1) is 10.4. The van der Waals surface area contributed by atoms with Crippen LogP contribution in [-0.4, -0.2) is 13.1 Å². The Labute approximate surface area is 134 Å². The molecule has 1 heterocycles. The predicted octanol–water partition coefficient (Wildman–Crippen LogP) is 4.89. The second-order valence-corrected chi connectivity index (χ2v) is 8.43. The molecule has 0 radical (unpaired) electrons. The Morgan fingerprint density at radius 2 is 1.68 bits per heavy atom. The van der Waals surface area contributed by atoms with Crippen molar-refractivity contribution in [3.05, 3.63) is 53.6 Å². The van der Waals surface area contributed by atoms with Gasteiger partial charge >= 0.3 is 0 Å². The number of allylic oxidation sites excluding steroid dienone is 4. The topological polar surface area (TPSA) is 3.24 Å². The van der Waals surface area contributed by atoms with Crippen LogP contribution in [0.15, 0.2) is 42.5 Å². The van der Waals surface area contributed by atoms with Gasteiger partial charge in [0.2, 0.25) is 0 Å². The van der Waals surface area contributed by atoms with Gasteiger partial charge in [-0.3, -0.25) is 0 Å². The fourth-order valence-electron chi connectivity index (χ4n) is 5.06. The van der Waals surface area contributed by atoms with Gasteiger partial charge in [0, 0.05) is 24.7 Å². The smallest absolute Gasteiger partial charge is 0.0403 e. The van der Waals surface area contributed by atoms with Crippen molar-refractivity contribution in [2.45, 2.75) is 45.1 Å². The van der Waals surface area contributed by atoms with Crippen LogP contribution in [0.5, 0.6) is 0 Å². The molecule has 3 aliphatic rings. The molecule has 116 valence electrons. The Kier molecular flexibility index (Phi) is 2.89. The standard InChI is InChI=1S/C21H27N/c1-13-15-8-6-7-9-16(15)19-17-12-14(21(2,3)4)10-11-18(17)22(5)20(13)19/h6-13,15-16,19-20H,1-5H3. The lowest BCUT2D eigenvalue weighted by Gasteiger charge is -2.28. The average molecular weight is 293 g/mol. The number of likely N-dealkylation sites (N-methyl/N-ethyl adjacent to an activating group) is 1. The Morgan fingerprint density at radius 1 is 1.00 bits per heavy atom. The molecule has 1 aromatic rings. The fourth-order valence-corrected chi connectivity index (χ4v) is 5.06. The molecule has 0 saturated heterocycles. The van der Waals surface area contributed by atoms with E-state index in [2.05, 4.69) is 82.1 Å². The molecule has 0 spiro atoms. The Balaban J connectivity index is 1.84. The van der Waals surface area contributed by atoms with Crippen molar-refractivity contribution < 1.29 is 0 Å². The molecule has 0 aromatic heterocycles. The SMILES string of the molecule is CC1C2C=CC=CC2C2c3cc(C(C)(C)C)ccc3N(C)C12. The highest BCUT2D eigenvalue weighted by atomic mass is 15.2. The first-order valence-corrected chi connectivity index (χ1v) is 8.62. The number of hydrogen-bond donors (Lipinski definition) is 0. The van der Waals surface area contributed by atoms with Gasteiger partial charge in [-0.15, -0.1) is 0 Å². The maximum atomic E-state index is 2.55. The lowest BCUT2D eigenvalue weighted by molar-refractivity contribution is 0.423. The van der Waals surface area contributed by atoms with E-state index in [1.807, 2.05) is 0 Å². The number of fused-ring (bicyclic) bond motifs is 5. The molecule has 0 bridgehead atoms. The molecular formula is C21H27N. The number of anilines is 1. The molecule has 5 atom stereocenters. The first-order valence-electron chi connectivity index (χ1n) is 8.62. The highest BCUT2D eigenvalue weighted by Crippen LogP contribution is 2.58. The summed E-state index contributed by atoms with van der Waals surface area (Å²) in [4.78, 5) is 2.55. The summed E-state index contributed by atoms with van der Waals surface area (Å²) in [5.74, 6) is 2.74. The average Bonchev–Trinajstić information content (AvgIpc) is 2.94. The molecule has 0 amide bonds. The summed E-state index contributed by atoms with van der Waals surface area (Å²) in [5, 5.41) is 0. The largest absolute Gasteiger partial charge is 0.370 e. The summed E-state index contributed by atoms with van der Waals surface area (Å²) < 4.78 is 0. The lowest BCUT2D eigenvalue weighted by atomic mass is 9.79. The van der Waals surface area contributed by atoms with Crippen molar-refractivity contribution in [3.8, 4) is 0 Å². The van der Waals surface area contributed by atoms with Gasteiger partial charge in [-0.05, 0) is 40.4 Å². The maximum Gasteiger partial charge on any atom is 0.0403 e. The van der Waals surface area contributed by atoms with Crippen molar-refractivity contribution in [3.63, 3.8) is 0 Å². The molecule has 5 unspecified atom stereocenters. The molecule has 4 rings (SSSR count). The van der Waals surface area contributed by atoms with E-state index >= 15 is 0 Å². The zero-order valence-corrected chi connectivity index (χ0v) is 14.4. The van der Waals surface area contributed by atoms with Crippen LogP contribution in [0.4, 0.5) is 5.69 Å². The summed E-state index contributed by atoms with van der Waals surface area (Å²) in [7, 11) is 2.29. The molecular weight excluding hydrogens is 266 g/mol. The molecule has 0 N–H and O–H groups in total. The third-order valence-corrected chi connectivity index (χ3v) is 6.23. The fraction of sp³-hybridized carbons (Fsp3) is 0.524. The molecule has 22 heavy (non-hydrogen) atoms. The highest BCUT2D eigenvalue weighted by molar-refractivity contribution is 5.65. The zero-order chi connectivity index (χ0) is 15.6. The van der Waals surface area contributed by atoms with Crippen molar-refractivity contribution in [1.29, 1.82) is 0 Å². The summed E-state index contributed by atoms with van der Waals surface area (Å²) in [6, 6.07) is 7.83. The molecule has 1 aliphatic heterocycles. The van der Waals surface area contributed by atoms with E-state index in [0.717, 1.165) is 0 Å². The van der Waals surface area contributed by atoms with Crippen molar-refractivity contribution >= 4 is 5.69 Å². The molecule has 1 aromatic carbocycles. The van der Waals surface area contributed by atoms with Gasteiger partial charge < -0.3 is 4.90 Å². The third-order valence-electron chi connectivity index (χ3n) is 6.23. The number of benzene rings is 1. The number of hydrogen-bond acceptors (Lipinski definition) is 1. The Bertz CT molecular complexity index is 661. The van der Waals surface area contributed by atoms with Crippen LogP contribution in [0.25, 0.3) is 0 Å². The minimum absolute atomic E-state index is 0.220. The molecule has 1 fully saturated rings. The summed E-state index contributed by atoms with van der Waals surface area (Å²) in [5.41, 5.74) is 4.72. The van der Waals surface area contributed by atoms with Crippen molar-refractivity contribution in [2.75, 3.05) is 11.9 Å². The number of nitrogens with zero attached hydrogens (tertiary/aromatic N) is 1. The Hall–Kier alpha value is -1.50. The molecule has 1 saturated carbocycles. The van der Waals surface area contributed by atoms with E-state index < -0.39 is 0 Å². The highest BCUT2D eigenvalue weighted by Gasteiger charge is 2.53. The lowest BCUT2D eigenvalue weighted by Crippen LogP contribution is -2.33. The van der Waals surface area contributed by atoms with E-state index in [1.54, 1.807) is 5.56 Å². The van der Waals surface area contributed by atoms with Gasteiger partial charge in [-0.1, -0.05) is 64.1 Å². The zero-order valence-electron chi connectivity index (χ0n) is 14.4. The third kappa shape index (κ3) is 1.77. The van der Waals surface area contributed by atoms with Crippen LogP contribution in [-0.2, 0) is 5.41 Å². The van der Waals surface area contributed by atoms with Crippen LogP contribution in [0.2, 0.25) is 0 Å². The van der Waals surface area contributed by atoms with E-state index in [1.165, 1.54) is 11.3 Å². The summed E-state index contributed by atoms with van der Waals surface area (Å²) >= 11 is 0. The molecule has 1 heteroatoms. The predicted molar refractivity (Wildman–Crippen MR) is 94.5 cm³/mol. The van der Waals surface area contributed by atoms with Crippen LogP contribution in [0.1, 0.15) is 44.7 Å². The normalized spacial score (nSPS) is 35.5. The van der Waals surface area contributed by atoms with Crippen LogP contribution >= 0.6 is 0 Å². The van der Waals surface area contributed by atoms with E-state index in [4.69, 9.17) is 0 Å². The Morgan fingerprint density at radius 3 is 2.36 bits per heavy atom. The monoisotopic (exact) mass is 293 g/mol. The van der Waals surface area contributed by atoms with Crippen molar-refractivity contribution in [1.82, 2.24) is 0 Å².